The van der Waals surface area contributed by atoms with Crippen molar-refractivity contribution >= 4 is 23.4 Å². The maximum absolute atomic E-state index is 13.1. The molecule has 4 rings (SSSR count). The van der Waals surface area contributed by atoms with E-state index in [1.807, 2.05) is 6.92 Å². The summed E-state index contributed by atoms with van der Waals surface area (Å²) in [6.45, 7) is 2.31. The number of halogens is 6. The molecule has 0 atom stereocenters. The Hall–Kier alpha value is -3.94. The highest BCUT2D eigenvalue weighted by atomic mass is 32.2. The first-order valence-electron chi connectivity index (χ1n) is 10.9. The second-order valence-electron chi connectivity index (χ2n) is 7.68. The lowest BCUT2D eigenvalue weighted by Gasteiger charge is -2.15. The molecule has 0 aliphatic carbocycles. The summed E-state index contributed by atoms with van der Waals surface area (Å²) in [6.07, 6.45) is -8.63. The van der Waals surface area contributed by atoms with Gasteiger partial charge in [0, 0.05) is 5.69 Å². The van der Waals surface area contributed by atoms with E-state index in [1.165, 1.54) is 6.26 Å². The van der Waals surface area contributed by atoms with E-state index in [-0.39, 0.29) is 17.0 Å². The van der Waals surface area contributed by atoms with E-state index in [9.17, 15) is 31.1 Å². The van der Waals surface area contributed by atoms with Crippen molar-refractivity contribution in [2.75, 3.05) is 17.7 Å². The number of hydrogen-bond donors (Lipinski definition) is 1. The van der Waals surface area contributed by atoms with Crippen LogP contribution in [0.3, 0.4) is 0 Å². The predicted octanol–water partition coefficient (Wildman–Crippen LogP) is 6.69. The van der Waals surface area contributed by atoms with Crippen molar-refractivity contribution in [3.05, 3.63) is 72.0 Å². The number of nitrogens with zero attached hydrogens (tertiary/aromatic N) is 3. The summed E-state index contributed by atoms with van der Waals surface area (Å²) in [5, 5.41) is 10.5. The Morgan fingerprint density at radius 1 is 1.00 bits per heavy atom. The van der Waals surface area contributed by atoms with Crippen molar-refractivity contribution in [3.8, 4) is 23.0 Å². The first kappa shape index (κ1) is 27.1. The van der Waals surface area contributed by atoms with Gasteiger partial charge in [0.25, 0.3) is 0 Å². The van der Waals surface area contributed by atoms with Crippen LogP contribution in [0.15, 0.2) is 70.4 Å². The van der Waals surface area contributed by atoms with Crippen molar-refractivity contribution in [2.24, 2.45) is 0 Å². The summed E-state index contributed by atoms with van der Waals surface area (Å²) in [4.78, 5) is 12.5. The molecule has 0 radical (unpaired) electrons. The minimum absolute atomic E-state index is 0.0140. The minimum atomic E-state index is -5.04. The fourth-order valence-electron chi connectivity index (χ4n) is 3.37. The number of alkyl halides is 6. The summed E-state index contributed by atoms with van der Waals surface area (Å²) in [5.41, 5.74) is -3.11. The van der Waals surface area contributed by atoms with Crippen LogP contribution in [0.2, 0.25) is 0 Å². The molecule has 0 bridgehead atoms. The molecule has 0 fully saturated rings. The van der Waals surface area contributed by atoms with Crippen molar-refractivity contribution < 1.29 is 40.3 Å². The summed E-state index contributed by atoms with van der Waals surface area (Å²) < 4.78 is 91.2. The number of rotatable bonds is 8. The average molecular weight is 556 g/mol. The number of thioether (sulfide) groups is 1. The zero-order chi connectivity index (χ0) is 27.5. The summed E-state index contributed by atoms with van der Waals surface area (Å²) >= 11 is 0.881. The summed E-state index contributed by atoms with van der Waals surface area (Å²) in [7, 11) is 0. The molecule has 0 saturated heterocycles. The number of carbonyl (C=O) groups excluding carboxylic acids is 1. The lowest BCUT2D eigenvalue weighted by atomic mass is 10.1. The lowest BCUT2D eigenvalue weighted by Crippen LogP contribution is -2.17. The maximum Gasteiger partial charge on any atom is 0.416 e. The Labute approximate surface area is 215 Å². The number of nitrogens with one attached hydrogen (secondary N) is 1. The predicted molar refractivity (Wildman–Crippen MR) is 126 cm³/mol. The van der Waals surface area contributed by atoms with Gasteiger partial charge >= 0.3 is 12.4 Å². The molecule has 0 unspecified atom stereocenters. The fraction of sp³-hybridized carbons (Fsp3) is 0.208. The molecule has 0 aliphatic rings. The number of aromatic nitrogens is 3. The zero-order valence-electron chi connectivity index (χ0n) is 19.4. The Bertz CT molecular complexity index is 1370. The van der Waals surface area contributed by atoms with Crippen molar-refractivity contribution in [1.82, 2.24) is 14.8 Å². The molecule has 1 N–H and O–H groups in total. The van der Waals surface area contributed by atoms with Crippen LogP contribution in [0.25, 0.3) is 17.3 Å². The van der Waals surface area contributed by atoms with E-state index in [2.05, 4.69) is 15.5 Å². The van der Waals surface area contributed by atoms with E-state index in [0.717, 1.165) is 11.8 Å². The number of amides is 1. The van der Waals surface area contributed by atoms with Crippen LogP contribution in [0.5, 0.6) is 5.75 Å². The molecule has 7 nitrogen and oxygen atoms in total. The van der Waals surface area contributed by atoms with Crippen molar-refractivity contribution in [2.45, 2.75) is 24.4 Å². The van der Waals surface area contributed by atoms with E-state index >= 15 is 0 Å². The zero-order valence-corrected chi connectivity index (χ0v) is 20.2. The molecule has 1 amide bonds. The smallest absolute Gasteiger partial charge is 0.416 e. The second-order valence-corrected chi connectivity index (χ2v) is 8.62. The normalized spacial score (nSPS) is 12.0. The Morgan fingerprint density at radius 2 is 1.66 bits per heavy atom. The number of ether oxygens (including phenoxy) is 1. The molecule has 14 heteroatoms. The van der Waals surface area contributed by atoms with Crippen LogP contribution in [0, 0.1) is 0 Å². The monoisotopic (exact) mass is 556 g/mol. The molecule has 0 spiro atoms. The van der Waals surface area contributed by atoms with Gasteiger partial charge in [-0.3, -0.25) is 9.36 Å². The molecule has 0 saturated carbocycles. The quantitative estimate of drug-likeness (QED) is 0.192. The molecule has 2 aromatic heterocycles. The van der Waals surface area contributed by atoms with Gasteiger partial charge in [0.1, 0.15) is 5.75 Å². The third kappa shape index (κ3) is 6.30. The number of hydrogen-bond acceptors (Lipinski definition) is 6. The van der Waals surface area contributed by atoms with E-state index < -0.39 is 35.1 Å². The molecule has 2 aromatic carbocycles. The van der Waals surface area contributed by atoms with Gasteiger partial charge in [-0.1, -0.05) is 11.8 Å². The van der Waals surface area contributed by atoms with Gasteiger partial charge in [0.2, 0.25) is 11.7 Å². The van der Waals surface area contributed by atoms with Gasteiger partial charge in [-0.25, -0.2) is 0 Å². The first-order chi connectivity index (χ1) is 18.0. The molecule has 2 heterocycles. The highest BCUT2D eigenvalue weighted by Gasteiger charge is 2.37. The molecule has 38 heavy (non-hydrogen) atoms. The molecular weight excluding hydrogens is 538 g/mol. The van der Waals surface area contributed by atoms with E-state index in [1.54, 1.807) is 41.0 Å². The fourth-order valence-corrected chi connectivity index (χ4v) is 4.13. The maximum atomic E-state index is 13.1. The first-order valence-corrected chi connectivity index (χ1v) is 11.9. The van der Waals surface area contributed by atoms with E-state index in [0.29, 0.717) is 41.8 Å². The molecule has 0 aliphatic heterocycles. The molecular formula is C24H18F6N4O3S. The Kier molecular flexibility index (Phi) is 7.71. The lowest BCUT2D eigenvalue weighted by molar-refractivity contribution is -0.143. The number of anilines is 1. The standard InChI is InChI=1S/C24H18F6N4O3S/c1-2-36-18-7-5-17(6-8-18)34-21(19-4-3-9-37-19)32-33-22(34)38-13-20(35)31-16-11-14(23(25,26)27)10-15(12-16)24(28,29)30/h3-12H,2,13H2,1H3,(H,31,35). The van der Waals surface area contributed by atoms with Gasteiger partial charge < -0.3 is 14.5 Å². The van der Waals surface area contributed by atoms with Crippen LogP contribution < -0.4 is 10.1 Å². The van der Waals surface area contributed by atoms with Gasteiger partial charge in [-0.15, -0.1) is 10.2 Å². The molecule has 4 aromatic rings. The highest BCUT2D eigenvalue weighted by Crippen LogP contribution is 2.37. The minimum Gasteiger partial charge on any atom is -0.494 e. The largest absolute Gasteiger partial charge is 0.494 e. The highest BCUT2D eigenvalue weighted by molar-refractivity contribution is 7.99. The van der Waals surface area contributed by atoms with Crippen LogP contribution >= 0.6 is 11.8 Å². The van der Waals surface area contributed by atoms with Crippen LogP contribution in [-0.4, -0.2) is 33.0 Å². The number of furan rings is 1. The summed E-state index contributed by atoms with van der Waals surface area (Å²) in [5.74, 6) is 0.0892. The number of carbonyl (C=O) groups is 1. The topological polar surface area (TPSA) is 82.2 Å². The third-order valence-electron chi connectivity index (χ3n) is 4.98. The second kappa shape index (κ2) is 10.8. The molecule has 200 valence electrons. The average Bonchev–Trinajstić information content (AvgIpc) is 3.52. The Balaban J connectivity index is 1.57. The van der Waals surface area contributed by atoms with Gasteiger partial charge in [-0.2, -0.15) is 26.3 Å². The van der Waals surface area contributed by atoms with Crippen LogP contribution in [0.4, 0.5) is 32.0 Å². The van der Waals surface area contributed by atoms with Crippen molar-refractivity contribution in [1.29, 1.82) is 0 Å². The van der Waals surface area contributed by atoms with Gasteiger partial charge in [0.05, 0.1) is 35.4 Å². The van der Waals surface area contributed by atoms with Gasteiger partial charge in [-0.05, 0) is 61.5 Å². The van der Waals surface area contributed by atoms with Crippen LogP contribution in [0.1, 0.15) is 18.1 Å². The number of benzene rings is 2. The van der Waals surface area contributed by atoms with E-state index in [4.69, 9.17) is 9.15 Å². The summed E-state index contributed by atoms with van der Waals surface area (Å²) in [6, 6.07) is 11.1. The Morgan fingerprint density at radius 3 is 2.21 bits per heavy atom. The van der Waals surface area contributed by atoms with Crippen LogP contribution in [-0.2, 0) is 17.1 Å². The third-order valence-corrected chi connectivity index (χ3v) is 5.91. The SMILES string of the molecule is CCOc1ccc(-n2c(SCC(=O)Nc3cc(C(F)(F)F)cc(C(F)(F)F)c3)nnc2-c2ccco2)cc1. The van der Waals surface area contributed by atoms with Gasteiger partial charge in [0.15, 0.2) is 10.9 Å². The van der Waals surface area contributed by atoms with Crippen molar-refractivity contribution in [3.63, 3.8) is 0 Å².